The monoisotopic (exact) mass is 496 g/mol. The lowest BCUT2D eigenvalue weighted by Gasteiger charge is -2.21. The van der Waals surface area contributed by atoms with Crippen molar-refractivity contribution in [1.29, 1.82) is 0 Å². The minimum atomic E-state index is -0.766. The van der Waals surface area contributed by atoms with Crippen molar-refractivity contribution < 1.29 is 28.2 Å². The zero-order valence-corrected chi connectivity index (χ0v) is 20.7. The summed E-state index contributed by atoms with van der Waals surface area (Å²) in [7, 11) is 1.53. The predicted molar refractivity (Wildman–Crippen MR) is 131 cm³/mol. The molecule has 0 atom stereocenters. The Balaban J connectivity index is 1.83. The van der Waals surface area contributed by atoms with E-state index in [-0.39, 0.29) is 30.6 Å². The molecule has 1 N–H and O–H groups in total. The van der Waals surface area contributed by atoms with Crippen LogP contribution in [0, 0.1) is 5.82 Å². The van der Waals surface area contributed by atoms with E-state index < -0.39 is 24.3 Å². The Morgan fingerprint density at radius 3 is 2.50 bits per heavy atom. The molecule has 9 nitrogen and oxygen atoms in total. The maximum absolute atomic E-state index is 13.4. The predicted octanol–water partition coefficient (Wildman–Crippen LogP) is 3.22. The largest absolute Gasteiger partial charge is 0.497 e. The lowest BCUT2D eigenvalue weighted by molar-refractivity contribution is -0.138. The Morgan fingerprint density at radius 1 is 1.14 bits per heavy atom. The van der Waals surface area contributed by atoms with Crippen LogP contribution in [-0.4, -0.2) is 65.3 Å². The Morgan fingerprint density at radius 2 is 1.86 bits per heavy atom. The van der Waals surface area contributed by atoms with E-state index in [1.165, 1.54) is 47.2 Å². The van der Waals surface area contributed by atoms with Crippen LogP contribution in [0.3, 0.4) is 0 Å². The van der Waals surface area contributed by atoms with Gasteiger partial charge in [0, 0.05) is 24.3 Å². The van der Waals surface area contributed by atoms with E-state index >= 15 is 0 Å². The number of halogens is 1. The maximum Gasteiger partial charge on any atom is 0.342 e. The van der Waals surface area contributed by atoms with Crippen molar-refractivity contribution in [3.05, 3.63) is 66.1 Å². The molecule has 0 aliphatic carbocycles. The van der Waals surface area contributed by atoms with E-state index in [2.05, 4.69) is 10.4 Å². The molecule has 1 aromatic heterocycles. The van der Waals surface area contributed by atoms with Crippen LogP contribution in [0.15, 0.2) is 54.7 Å². The van der Waals surface area contributed by atoms with Crippen LogP contribution in [0.5, 0.6) is 5.75 Å². The quantitative estimate of drug-likeness (QED) is 0.433. The van der Waals surface area contributed by atoms with Crippen molar-refractivity contribution in [2.45, 2.75) is 26.8 Å². The molecule has 2 amide bonds. The van der Waals surface area contributed by atoms with Crippen LogP contribution in [0.25, 0.3) is 16.9 Å². The molecule has 36 heavy (non-hydrogen) atoms. The summed E-state index contributed by atoms with van der Waals surface area (Å²) in [5, 5.41) is 7.24. The van der Waals surface area contributed by atoms with Crippen LogP contribution >= 0.6 is 0 Å². The van der Waals surface area contributed by atoms with Gasteiger partial charge in [0.25, 0.3) is 5.91 Å². The Hall–Kier alpha value is -4.21. The van der Waals surface area contributed by atoms with E-state index in [4.69, 9.17) is 9.47 Å². The molecule has 10 heteroatoms. The third-order valence-electron chi connectivity index (χ3n) is 5.21. The van der Waals surface area contributed by atoms with Crippen molar-refractivity contribution >= 4 is 17.8 Å². The number of carbonyl (C=O) groups is 3. The van der Waals surface area contributed by atoms with Gasteiger partial charge in [0.15, 0.2) is 6.61 Å². The van der Waals surface area contributed by atoms with Crippen molar-refractivity contribution in [1.82, 2.24) is 20.0 Å². The number of amides is 2. The average Bonchev–Trinajstić information content (AvgIpc) is 3.31. The molecule has 190 valence electrons. The third kappa shape index (κ3) is 6.68. The lowest BCUT2D eigenvalue weighted by atomic mass is 10.1. The molecule has 3 rings (SSSR count). The maximum atomic E-state index is 13.4. The van der Waals surface area contributed by atoms with Gasteiger partial charge in [-0.1, -0.05) is 12.1 Å². The summed E-state index contributed by atoms with van der Waals surface area (Å²) in [5.74, 6) is -1.40. The molecule has 0 radical (unpaired) electrons. The number of rotatable bonds is 10. The van der Waals surface area contributed by atoms with Gasteiger partial charge in [-0.25, -0.2) is 13.9 Å². The number of hydrogen-bond acceptors (Lipinski definition) is 6. The summed E-state index contributed by atoms with van der Waals surface area (Å²) in [6.07, 6.45) is 1.46. The number of esters is 1. The van der Waals surface area contributed by atoms with E-state index in [1.807, 2.05) is 13.8 Å². The zero-order chi connectivity index (χ0) is 26.2. The number of nitrogens with one attached hydrogen (secondary N) is 1. The highest BCUT2D eigenvalue weighted by atomic mass is 19.1. The highest BCUT2D eigenvalue weighted by Crippen LogP contribution is 2.27. The first-order chi connectivity index (χ1) is 17.2. The van der Waals surface area contributed by atoms with Crippen molar-refractivity contribution in [2.75, 3.05) is 26.8 Å². The minimum Gasteiger partial charge on any atom is -0.497 e. The highest BCUT2D eigenvalue weighted by Gasteiger charge is 2.23. The summed E-state index contributed by atoms with van der Waals surface area (Å²) >= 11 is 0. The number of benzene rings is 2. The molecule has 0 aliphatic heterocycles. The van der Waals surface area contributed by atoms with Gasteiger partial charge in [0.2, 0.25) is 5.91 Å². The fourth-order valence-electron chi connectivity index (χ4n) is 3.45. The summed E-state index contributed by atoms with van der Waals surface area (Å²) in [6.45, 7) is 4.98. The first kappa shape index (κ1) is 26.4. The molecule has 3 aromatic rings. The molecule has 0 spiro atoms. The SMILES string of the molecule is CCN(CC(=O)NC(C)C)C(=O)COC(=O)c1cn(-c2ccc(F)cc2)nc1-c1cccc(OC)c1. The summed E-state index contributed by atoms with van der Waals surface area (Å²) < 4.78 is 25.4. The molecule has 0 bridgehead atoms. The molecule has 2 aromatic carbocycles. The molecule has 0 aliphatic rings. The van der Waals surface area contributed by atoms with Gasteiger partial charge in [-0.2, -0.15) is 5.10 Å². The van der Waals surface area contributed by atoms with Crippen LogP contribution < -0.4 is 10.1 Å². The van der Waals surface area contributed by atoms with Gasteiger partial charge in [0.1, 0.15) is 22.8 Å². The molecular weight excluding hydrogens is 467 g/mol. The van der Waals surface area contributed by atoms with Gasteiger partial charge in [0.05, 0.1) is 19.3 Å². The van der Waals surface area contributed by atoms with Gasteiger partial charge in [-0.3, -0.25) is 9.59 Å². The van der Waals surface area contributed by atoms with Gasteiger partial charge in [-0.15, -0.1) is 0 Å². The van der Waals surface area contributed by atoms with Crippen LogP contribution in [0.2, 0.25) is 0 Å². The summed E-state index contributed by atoms with van der Waals surface area (Å²) in [5.41, 5.74) is 1.54. The van der Waals surface area contributed by atoms with Crippen molar-refractivity contribution in [2.24, 2.45) is 0 Å². The average molecular weight is 497 g/mol. The normalized spacial score (nSPS) is 10.7. The first-order valence-electron chi connectivity index (χ1n) is 11.5. The number of hydrogen-bond donors (Lipinski definition) is 1. The minimum absolute atomic E-state index is 0.0585. The fourth-order valence-corrected chi connectivity index (χ4v) is 3.45. The second-order valence-corrected chi connectivity index (χ2v) is 8.25. The molecule has 0 fully saturated rings. The molecule has 0 saturated carbocycles. The first-order valence-corrected chi connectivity index (χ1v) is 11.5. The van der Waals surface area contributed by atoms with Crippen molar-refractivity contribution in [3.63, 3.8) is 0 Å². The second kappa shape index (κ2) is 12.0. The van der Waals surface area contributed by atoms with Gasteiger partial charge in [-0.05, 0) is 57.2 Å². The Labute approximate surface area is 208 Å². The van der Waals surface area contributed by atoms with Gasteiger partial charge >= 0.3 is 5.97 Å². The number of carbonyl (C=O) groups excluding carboxylic acids is 3. The summed E-state index contributed by atoms with van der Waals surface area (Å²) in [6, 6.07) is 12.5. The van der Waals surface area contributed by atoms with Crippen LogP contribution in [0.4, 0.5) is 4.39 Å². The van der Waals surface area contributed by atoms with Crippen molar-refractivity contribution in [3.8, 4) is 22.7 Å². The lowest BCUT2D eigenvalue weighted by Crippen LogP contribution is -2.44. The highest BCUT2D eigenvalue weighted by molar-refractivity contribution is 5.97. The standard InChI is InChI=1S/C26H29FN4O5/c1-5-30(15-23(32)28-17(2)3)24(33)16-36-26(34)22-14-31(20-11-9-19(27)10-12-20)29-25(22)18-7-6-8-21(13-18)35-4/h6-14,17H,5,15-16H2,1-4H3,(H,28,32). The van der Waals surface area contributed by atoms with E-state index in [1.54, 1.807) is 31.2 Å². The number of ether oxygens (including phenoxy) is 2. The number of nitrogens with zero attached hydrogens (tertiary/aromatic N) is 3. The number of likely N-dealkylation sites (N-methyl/N-ethyl adjacent to an activating group) is 1. The van der Waals surface area contributed by atoms with E-state index in [0.29, 0.717) is 22.7 Å². The van der Waals surface area contributed by atoms with Gasteiger partial charge < -0.3 is 19.7 Å². The number of aromatic nitrogens is 2. The Bertz CT molecular complexity index is 1220. The summed E-state index contributed by atoms with van der Waals surface area (Å²) in [4.78, 5) is 39.0. The number of methoxy groups -OCH3 is 1. The zero-order valence-electron chi connectivity index (χ0n) is 20.7. The molecule has 0 unspecified atom stereocenters. The molecule has 1 heterocycles. The van der Waals surface area contributed by atoms with Crippen LogP contribution in [0.1, 0.15) is 31.1 Å². The smallest absolute Gasteiger partial charge is 0.342 e. The van der Waals surface area contributed by atoms with E-state index in [0.717, 1.165) is 0 Å². The molecular formula is C26H29FN4O5. The molecule has 0 saturated heterocycles. The fraction of sp³-hybridized carbons (Fsp3) is 0.308. The second-order valence-electron chi connectivity index (χ2n) is 8.25. The third-order valence-corrected chi connectivity index (χ3v) is 5.21. The topological polar surface area (TPSA) is 103 Å². The van der Waals surface area contributed by atoms with E-state index in [9.17, 15) is 18.8 Å². The van der Waals surface area contributed by atoms with Crippen LogP contribution in [-0.2, 0) is 14.3 Å². The Kier molecular flexibility index (Phi) is 8.77.